The summed E-state index contributed by atoms with van der Waals surface area (Å²) in [5.41, 5.74) is 3.96. The van der Waals surface area contributed by atoms with Gasteiger partial charge in [-0.25, -0.2) is 13.1 Å². The van der Waals surface area contributed by atoms with Gasteiger partial charge >= 0.3 is 0 Å². The average molecular weight is 413 g/mol. The van der Waals surface area contributed by atoms with Crippen LogP contribution in [0.1, 0.15) is 11.1 Å². The van der Waals surface area contributed by atoms with Crippen molar-refractivity contribution in [3.05, 3.63) is 71.8 Å². The first-order chi connectivity index (χ1) is 14.0. The van der Waals surface area contributed by atoms with Gasteiger partial charge in [0.15, 0.2) is 0 Å². The summed E-state index contributed by atoms with van der Waals surface area (Å²) in [5, 5.41) is 11.7. The molecule has 8 heteroatoms. The fourth-order valence-corrected chi connectivity index (χ4v) is 3.66. The molecule has 0 atom stereocenters. The number of methoxy groups -OCH3 is 1. The smallest absolute Gasteiger partial charge is 0.240 e. The first kappa shape index (κ1) is 20.9. The van der Waals surface area contributed by atoms with E-state index in [4.69, 9.17) is 4.74 Å². The number of nitrogens with one attached hydrogen (secondary N) is 2. The second-order valence-electron chi connectivity index (χ2n) is 6.56. The number of hydrogen-bond donors (Lipinski definition) is 2. The van der Waals surface area contributed by atoms with Crippen LogP contribution in [0.3, 0.4) is 0 Å². The van der Waals surface area contributed by atoms with Crippen LogP contribution in [0.2, 0.25) is 0 Å². The molecule has 0 spiro atoms. The van der Waals surface area contributed by atoms with Gasteiger partial charge in [-0.2, -0.15) is 0 Å². The summed E-state index contributed by atoms with van der Waals surface area (Å²) in [6.45, 7) is 3.11. The number of anilines is 1. The van der Waals surface area contributed by atoms with Crippen molar-refractivity contribution in [2.75, 3.05) is 25.6 Å². The molecule has 0 fully saturated rings. The zero-order chi connectivity index (χ0) is 20.7. The number of aryl methyl sites for hydroxylation is 1. The van der Waals surface area contributed by atoms with Gasteiger partial charge in [0.25, 0.3) is 0 Å². The Morgan fingerprint density at radius 3 is 2.28 bits per heavy atom. The van der Waals surface area contributed by atoms with Crippen LogP contribution in [-0.4, -0.2) is 38.9 Å². The number of ether oxygens (including phenoxy) is 1. The number of aromatic nitrogens is 2. The third-order valence-corrected chi connectivity index (χ3v) is 5.79. The minimum Gasteiger partial charge on any atom is -0.383 e. The van der Waals surface area contributed by atoms with Crippen LogP contribution in [0.15, 0.2) is 65.6 Å². The molecule has 0 saturated heterocycles. The van der Waals surface area contributed by atoms with Crippen molar-refractivity contribution in [1.82, 2.24) is 14.9 Å². The van der Waals surface area contributed by atoms with E-state index in [0.29, 0.717) is 19.0 Å². The fraction of sp³-hybridized carbons (Fsp3) is 0.238. The molecule has 0 radical (unpaired) electrons. The van der Waals surface area contributed by atoms with Gasteiger partial charge in [0.1, 0.15) is 5.82 Å². The lowest BCUT2D eigenvalue weighted by Gasteiger charge is -2.09. The molecule has 0 aliphatic rings. The molecule has 0 bridgehead atoms. The third kappa shape index (κ3) is 5.83. The van der Waals surface area contributed by atoms with Crippen LogP contribution in [0, 0.1) is 6.92 Å². The highest BCUT2D eigenvalue weighted by Gasteiger charge is 2.12. The number of benzene rings is 2. The van der Waals surface area contributed by atoms with Gasteiger partial charge in [-0.3, -0.25) is 0 Å². The molecule has 7 nitrogen and oxygen atoms in total. The second-order valence-corrected chi connectivity index (χ2v) is 8.32. The zero-order valence-electron chi connectivity index (χ0n) is 16.4. The van der Waals surface area contributed by atoms with Gasteiger partial charge in [0, 0.05) is 25.8 Å². The molecule has 0 unspecified atom stereocenters. The molecule has 1 aromatic heterocycles. The molecule has 0 aliphatic heterocycles. The van der Waals surface area contributed by atoms with Gasteiger partial charge in [-0.05, 0) is 36.8 Å². The van der Waals surface area contributed by atoms with E-state index in [1.54, 1.807) is 24.3 Å². The summed E-state index contributed by atoms with van der Waals surface area (Å²) in [6.07, 6.45) is 0. The highest BCUT2D eigenvalue weighted by atomic mass is 32.2. The third-order valence-electron chi connectivity index (χ3n) is 4.32. The maximum atomic E-state index is 12.2. The Morgan fingerprint density at radius 1 is 0.931 bits per heavy atom. The average Bonchev–Trinajstić information content (AvgIpc) is 2.74. The Kier molecular flexibility index (Phi) is 6.92. The summed E-state index contributed by atoms with van der Waals surface area (Å²) in [7, 11) is -2.00. The molecule has 0 aliphatic carbocycles. The van der Waals surface area contributed by atoms with E-state index in [1.165, 1.54) is 12.7 Å². The van der Waals surface area contributed by atoms with E-state index < -0.39 is 10.0 Å². The van der Waals surface area contributed by atoms with Gasteiger partial charge < -0.3 is 10.1 Å². The number of nitrogens with zero attached hydrogens (tertiary/aromatic N) is 2. The fourth-order valence-electron chi connectivity index (χ4n) is 2.65. The Bertz CT molecular complexity index is 1020. The number of rotatable bonds is 9. The van der Waals surface area contributed by atoms with Crippen molar-refractivity contribution in [3.63, 3.8) is 0 Å². The normalized spacial score (nSPS) is 11.4. The lowest BCUT2D eigenvalue weighted by Crippen LogP contribution is -2.27. The second kappa shape index (κ2) is 9.60. The van der Waals surface area contributed by atoms with Crippen LogP contribution in [0.25, 0.3) is 11.3 Å². The zero-order valence-corrected chi connectivity index (χ0v) is 17.2. The largest absolute Gasteiger partial charge is 0.383 e. The summed E-state index contributed by atoms with van der Waals surface area (Å²) < 4.78 is 31.7. The molecular weight excluding hydrogens is 388 g/mol. The van der Waals surface area contributed by atoms with Gasteiger partial charge in [-0.15, -0.1) is 10.2 Å². The summed E-state index contributed by atoms with van der Waals surface area (Å²) in [6, 6.07) is 18.6. The first-order valence-electron chi connectivity index (χ1n) is 9.20. The lowest BCUT2D eigenvalue weighted by molar-refractivity contribution is 0.204. The van der Waals surface area contributed by atoms with Crippen LogP contribution in [0.5, 0.6) is 0 Å². The predicted octanol–water partition coefficient (Wildman–Crippen LogP) is 2.99. The van der Waals surface area contributed by atoms with Gasteiger partial charge in [-0.1, -0.05) is 42.0 Å². The van der Waals surface area contributed by atoms with Crippen molar-refractivity contribution >= 4 is 15.8 Å². The Hall–Kier alpha value is -2.81. The maximum Gasteiger partial charge on any atom is 0.240 e. The van der Waals surface area contributed by atoms with Crippen LogP contribution in [0.4, 0.5) is 5.82 Å². The van der Waals surface area contributed by atoms with Crippen molar-refractivity contribution in [1.29, 1.82) is 0 Å². The van der Waals surface area contributed by atoms with E-state index >= 15 is 0 Å². The van der Waals surface area contributed by atoms with Crippen molar-refractivity contribution in [3.8, 4) is 11.3 Å². The molecule has 29 heavy (non-hydrogen) atoms. The summed E-state index contributed by atoms with van der Waals surface area (Å²) >= 11 is 0. The van der Waals surface area contributed by atoms with Crippen molar-refractivity contribution in [2.45, 2.75) is 18.4 Å². The molecule has 152 valence electrons. The molecule has 0 saturated carbocycles. The highest BCUT2D eigenvalue weighted by Crippen LogP contribution is 2.18. The Balaban J connectivity index is 1.58. The molecular formula is C21H24N4O3S. The quantitative estimate of drug-likeness (QED) is 0.525. The van der Waals surface area contributed by atoms with Gasteiger partial charge in [0.05, 0.1) is 17.2 Å². The lowest BCUT2D eigenvalue weighted by atomic mass is 10.1. The maximum absolute atomic E-state index is 12.2. The van der Waals surface area contributed by atoms with E-state index in [-0.39, 0.29) is 11.4 Å². The number of hydrogen-bond acceptors (Lipinski definition) is 6. The summed E-state index contributed by atoms with van der Waals surface area (Å²) in [4.78, 5) is 0.222. The van der Waals surface area contributed by atoms with E-state index in [0.717, 1.165) is 16.8 Å². The number of sulfonamides is 1. The molecule has 2 N–H and O–H groups in total. The molecule has 1 heterocycles. The van der Waals surface area contributed by atoms with Crippen LogP contribution < -0.4 is 10.0 Å². The molecule has 3 rings (SSSR count). The minimum atomic E-state index is -3.52. The van der Waals surface area contributed by atoms with Crippen molar-refractivity contribution in [2.24, 2.45) is 0 Å². The highest BCUT2D eigenvalue weighted by molar-refractivity contribution is 7.89. The standard InChI is InChI=1S/C21H24N4O3S/c1-16-3-7-18(8-4-16)20-11-12-21(25-24-20)22-15-17-5-9-19(10-6-17)29(26,27)23-13-14-28-2/h3-12,23H,13-15H2,1-2H3,(H,22,25). The minimum absolute atomic E-state index is 0.222. The van der Waals surface area contributed by atoms with Crippen LogP contribution in [-0.2, 0) is 21.3 Å². The first-order valence-corrected chi connectivity index (χ1v) is 10.7. The van der Waals surface area contributed by atoms with E-state index in [9.17, 15) is 8.42 Å². The predicted molar refractivity (Wildman–Crippen MR) is 113 cm³/mol. The SMILES string of the molecule is COCCNS(=O)(=O)c1ccc(CNc2ccc(-c3ccc(C)cc3)nn2)cc1. The van der Waals surface area contributed by atoms with Gasteiger partial charge in [0.2, 0.25) is 10.0 Å². The topological polar surface area (TPSA) is 93.2 Å². The molecule has 0 amide bonds. The van der Waals surface area contributed by atoms with Crippen LogP contribution >= 0.6 is 0 Å². The monoisotopic (exact) mass is 412 g/mol. The molecule has 2 aromatic carbocycles. The Morgan fingerprint density at radius 2 is 1.66 bits per heavy atom. The van der Waals surface area contributed by atoms with E-state index in [1.807, 2.05) is 43.3 Å². The molecule has 3 aromatic rings. The van der Waals surface area contributed by atoms with E-state index in [2.05, 4.69) is 20.2 Å². The van der Waals surface area contributed by atoms with Crippen molar-refractivity contribution < 1.29 is 13.2 Å². The summed E-state index contributed by atoms with van der Waals surface area (Å²) in [5.74, 6) is 0.652. The Labute approximate surface area is 171 Å².